The Hall–Kier alpha value is -1.91. The van der Waals surface area contributed by atoms with Crippen molar-refractivity contribution in [2.75, 3.05) is 4.90 Å². The monoisotopic (exact) mass is 327 g/mol. The number of benzene rings is 1. The van der Waals surface area contributed by atoms with E-state index in [-0.39, 0.29) is 5.91 Å². The van der Waals surface area contributed by atoms with Crippen LogP contribution in [0, 0.1) is 0 Å². The highest BCUT2D eigenvalue weighted by molar-refractivity contribution is 7.12. The number of hydrogen-bond acceptors (Lipinski definition) is 3. The van der Waals surface area contributed by atoms with Crippen molar-refractivity contribution in [1.29, 1.82) is 0 Å². The molecule has 0 saturated carbocycles. The summed E-state index contributed by atoms with van der Waals surface area (Å²) < 4.78 is 0. The van der Waals surface area contributed by atoms with E-state index in [0.717, 1.165) is 17.0 Å². The Balaban J connectivity index is 1.92. The van der Waals surface area contributed by atoms with E-state index in [1.54, 1.807) is 11.3 Å². The number of anilines is 1. The Morgan fingerprint density at radius 2 is 1.73 bits per heavy atom. The van der Waals surface area contributed by atoms with Gasteiger partial charge < -0.3 is 4.90 Å². The summed E-state index contributed by atoms with van der Waals surface area (Å²) in [6.45, 7) is 2.75. The Labute approximate surface area is 138 Å². The number of thiophene rings is 2. The zero-order valence-electron chi connectivity index (χ0n) is 12.4. The minimum atomic E-state index is 0.0626. The van der Waals surface area contributed by atoms with Crippen LogP contribution < -0.4 is 4.90 Å². The van der Waals surface area contributed by atoms with Crippen molar-refractivity contribution in [3.05, 3.63) is 74.6 Å². The molecule has 1 aromatic carbocycles. The molecular formula is C18H17NOS2. The summed E-state index contributed by atoms with van der Waals surface area (Å²) in [5.41, 5.74) is 2.23. The van der Waals surface area contributed by atoms with Gasteiger partial charge in [-0.15, -0.1) is 22.7 Å². The van der Waals surface area contributed by atoms with E-state index in [2.05, 4.69) is 25.1 Å². The van der Waals surface area contributed by atoms with Crippen molar-refractivity contribution in [2.24, 2.45) is 0 Å². The minimum absolute atomic E-state index is 0.0626. The van der Waals surface area contributed by atoms with Crippen LogP contribution in [-0.4, -0.2) is 5.91 Å². The van der Waals surface area contributed by atoms with Crippen molar-refractivity contribution in [1.82, 2.24) is 0 Å². The maximum absolute atomic E-state index is 12.8. The number of aryl methyl sites for hydroxylation is 1. The lowest BCUT2D eigenvalue weighted by atomic mass is 10.1. The molecule has 0 fully saturated rings. The highest BCUT2D eigenvalue weighted by Gasteiger charge is 2.19. The van der Waals surface area contributed by atoms with Gasteiger partial charge in [-0.25, -0.2) is 0 Å². The molecule has 0 aliphatic carbocycles. The van der Waals surface area contributed by atoms with E-state index < -0.39 is 0 Å². The molecule has 2 heterocycles. The summed E-state index contributed by atoms with van der Waals surface area (Å²) in [6, 6.07) is 16.2. The maximum Gasteiger partial charge on any atom is 0.268 e. The molecule has 0 atom stereocenters. The first-order chi connectivity index (χ1) is 10.8. The molecule has 112 valence electrons. The predicted molar refractivity (Wildman–Crippen MR) is 95.0 cm³/mol. The van der Waals surface area contributed by atoms with Crippen LogP contribution in [0.1, 0.15) is 27.0 Å². The van der Waals surface area contributed by atoms with Gasteiger partial charge in [0.1, 0.15) is 0 Å². The normalized spacial score (nSPS) is 10.6. The lowest BCUT2D eigenvalue weighted by Crippen LogP contribution is -2.29. The van der Waals surface area contributed by atoms with Crippen molar-refractivity contribution in [3.63, 3.8) is 0 Å². The molecule has 1 amide bonds. The average Bonchev–Trinajstić information content (AvgIpc) is 3.25. The summed E-state index contributed by atoms with van der Waals surface area (Å²) in [6.07, 6.45) is 1.00. The first-order valence-electron chi connectivity index (χ1n) is 7.24. The highest BCUT2D eigenvalue weighted by Crippen LogP contribution is 2.24. The Morgan fingerprint density at radius 3 is 2.32 bits per heavy atom. The second-order valence-corrected chi connectivity index (χ2v) is 6.95. The van der Waals surface area contributed by atoms with Crippen LogP contribution in [0.25, 0.3) is 0 Å². The summed E-state index contributed by atoms with van der Waals surface area (Å²) in [7, 11) is 0. The number of amides is 1. The van der Waals surface area contributed by atoms with Gasteiger partial charge in [-0.1, -0.05) is 31.2 Å². The van der Waals surface area contributed by atoms with Crippen LogP contribution in [0.15, 0.2) is 59.3 Å². The standard InChI is InChI=1S/C18H17NOS2/c1-2-14-7-9-15(10-8-14)19(13-16-5-3-11-21-16)18(20)17-6-4-12-22-17/h3-12H,2,13H2,1H3. The highest BCUT2D eigenvalue weighted by atomic mass is 32.1. The predicted octanol–water partition coefficient (Wildman–Crippen LogP) is 5.22. The molecule has 3 aromatic rings. The molecule has 2 nitrogen and oxygen atoms in total. The second-order valence-electron chi connectivity index (χ2n) is 4.97. The van der Waals surface area contributed by atoms with Gasteiger partial charge in [0.05, 0.1) is 11.4 Å². The molecule has 0 spiro atoms. The van der Waals surface area contributed by atoms with E-state index in [4.69, 9.17) is 0 Å². The van der Waals surface area contributed by atoms with Gasteiger partial charge in [-0.3, -0.25) is 4.79 Å². The van der Waals surface area contributed by atoms with E-state index in [1.807, 2.05) is 46.0 Å². The van der Waals surface area contributed by atoms with Crippen LogP contribution >= 0.6 is 22.7 Å². The lowest BCUT2D eigenvalue weighted by Gasteiger charge is -2.22. The quantitative estimate of drug-likeness (QED) is 0.629. The van der Waals surface area contributed by atoms with Gasteiger partial charge in [0, 0.05) is 10.6 Å². The van der Waals surface area contributed by atoms with Crippen molar-refractivity contribution < 1.29 is 4.79 Å². The van der Waals surface area contributed by atoms with Crippen LogP contribution in [0.2, 0.25) is 0 Å². The molecule has 3 rings (SSSR count). The van der Waals surface area contributed by atoms with Gasteiger partial charge in [0.2, 0.25) is 0 Å². The fourth-order valence-corrected chi connectivity index (χ4v) is 3.65. The Morgan fingerprint density at radius 1 is 1.00 bits per heavy atom. The summed E-state index contributed by atoms with van der Waals surface area (Å²) in [4.78, 5) is 16.6. The Bertz CT molecular complexity index is 715. The zero-order chi connectivity index (χ0) is 15.4. The smallest absolute Gasteiger partial charge is 0.268 e. The van der Waals surface area contributed by atoms with Gasteiger partial charge in [0.15, 0.2) is 0 Å². The molecule has 0 N–H and O–H groups in total. The largest absolute Gasteiger partial charge is 0.302 e. The Kier molecular flexibility index (Phi) is 4.71. The minimum Gasteiger partial charge on any atom is -0.302 e. The first-order valence-corrected chi connectivity index (χ1v) is 9.00. The molecule has 2 aromatic heterocycles. The van der Waals surface area contributed by atoms with Gasteiger partial charge in [0.25, 0.3) is 5.91 Å². The maximum atomic E-state index is 12.8. The number of nitrogens with zero attached hydrogens (tertiary/aromatic N) is 1. The first kappa shape index (κ1) is 15.0. The van der Waals surface area contributed by atoms with Crippen molar-refractivity contribution >= 4 is 34.3 Å². The SMILES string of the molecule is CCc1ccc(N(Cc2cccs2)C(=O)c2cccs2)cc1. The van der Waals surface area contributed by atoms with Crippen LogP contribution in [0.4, 0.5) is 5.69 Å². The number of hydrogen-bond donors (Lipinski definition) is 0. The summed E-state index contributed by atoms with van der Waals surface area (Å²) in [5, 5.41) is 3.99. The second kappa shape index (κ2) is 6.90. The van der Waals surface area contributed by atoms with Crippen LogP contribution in [0.5, 0.6) is 0 Å². The van der Waals surface area contributed by atoms with Gasteiger partial charge >= 0.3 is 0 Å². The molecule has 0 saturated heterocycles. The number of rotatable bonds is 5. The van der Waals surface area contributed by atoms with Gasteiger partial charge in [-0.05, 0) is 47.0 Å². The topological polar surface area (TPSA) is 20.3 Å². The molecule has 0 aliphatic rings. The third-order valence-electron chi connectivity index (χ3n) is 3.53. The lowest BCUT2D eigenvalue weighted by molar-refractivity contribution is 0.0989. The third-order valence-corrected chi connectivity index (χ3v) is 5.25. The molecule has 0 aliphatic heterocycles. The summed E-state index contributed by atoms with van der Waals surface area (Å²) >= 11 is 3.16. The van der Waals surface area contributed by atoms with Crippen molar-refractivity contribution in [2.45, 2.75) is 19.9 Å². The van der Waals surface area contributed by atoms with Crippen LogP contribution in [0.3, 0.4) is 0 Å². The zero-order valence-corrected chi connectivity index (χ0v) is 14.0. The van der Waals surface area contributed by atoms with E-state index in [0.29, 0.717) is 6.54 Å². The average molecular weight is 327 g/mol. The molecule has 0 radical (unpaired) electrons. The van der Waals surface area contributed by atoms with E-state index >= 15 is 0 Å². The fourth-order valence-electron chi connectivity index (χ4n) is 2.28. The molecule has 0 bridgehead atoms. The van der Waals surface area contributed by atoms with Crippen LogP contribution in [-0.2, 0) is 13.0 Å². The molecule has 4 heteroatoms. The van der Waals surface area contributed by atoms with Gasteiger partial charge in [-0.2, -0.15) is 0 Å². The summed E-state index contributed by atoms with van der Waals surface area (Å²) in [5.74, 6) is 0.0626. The van der Waals surface area contributed by atoms with Crippen molar-refractivity contribution in [3.8, 4) is 0 Å². The molecule has 0 unspecified atom stereocenters. The fraction of sp³-hybridized carbons (Fsp3) is 0.167. The third kappa shape index (κ3) is 3.29. The van der Waals surface area contributed by atoms with E-state index in [9.17, 15) is 4.79 Å². The molecule has 22 heavy (non-hydrogen) atoms. The number of carbonyl (C=O) groups is 1. The number of carbonyl (C=O) groups excluding carboxylic acids is 1. The van der Waals surface area contributed by atoms with E-state index in [1.165, 1.54) is 21.8 Å². The molecular weight excluding hydrogens is 310 g/mol.